The van der Waals surface area contributed by atoms with Crippen LogP contribution in [-0.2, 0) is 0 Å². The van der Waals surface area contributed by atoms with Crippen molar-refractivity contribution < 1.29 is 22.7 Å². The first kappa shape index (κ1) is 19.7. The number of hydrogen-bond donors (Lipinski definition) is 1. The summed E-state index contributed by atoms with van der Waals surface area (Å²) in [5, 5.41) is 2.66. The lowest BCUT2D eigenvalue weighted by atomic mass is 10.2. The smallest absolute Gasteiger partial charge is 0.401 e. The SMILES string of the molecule is CN(CCCNC(=O)c1ccc(Oc2ccccc2)nc1)CC(F)(F)F. The Labute approximate surface area is 149 Å². The second-order valence-electron chi connectivity index (χ2n) is 5.76. The van der Waals surface area contributed by atoms with Crippen molar-refractivity contribution >= 4 is 5.91 Å². The number of amides is 1. The number of halogens is 3. The van der Waals surface area contributed by atoms with Gasteiger partial charge in [0, 0.05) is 18.8 Å². The molecule has 0 radical (unpaired) electrons. The third-order valence-corrected chi connectivity index (χ3v) is 3.42. The zero-order valence-corrected chi connectivity index (χ0v) is 14.3. The molecule has 2 rings (SSSR count). The summed E-state index contributed by atoms with van der Waals surface area (Å²) in [7, 11) is 1.39. The van der Waals surface area contributed by atoms with Crippen molar-refractivity contribution in [1.29, 1.82) is 0 Å². The molecule has 0 saturated carbocycles. The van der Waals surface area contributed by atoms with E-state index in [1.54, 1.807) is 24.3 Å². The lowest BCUT2D eigenvalue weighted by Gasteiger charge is -2.18. The molecule has 1 amide bonds. The Morgan fingerprint density at radius 3 is 2.54 bits per heavy atom. The number of carbonyl (C=O) groups is 1. The molecule has 1 aromatic heterocycles. The van der Waals surface area contributed by atoms with E-state index < -0.39 is 12.7 Å². The minimum atomic E-state index is -4.22. The largest absolute Gasteiger partial charge is 0.439 e. The Morgan fingerprint density at radius 2 is 1.92 bits per heavy atom. The van der Waals surface area contributed by atoms with Crippen molar-refractivity contribution in [3.63, 3.8) is 0 Å². The highest BCUT2D eigenvalue weighted by Crippen LogP contribution is 2.18. The minimum Gasteiger partial charge on any atom is -0.439 e. The maximum Gasteiger partial charge on any atom is 0.401 e. The number of benzene rings is 1. The first-order valence-electron chi connectivity index (χ1n) is 8.06. The summed E-state index contributed by atoms with van der Waals surface area (Å²) in [5.41, 5.74) is 0.356. The lowest BCUT2D eigenvalue weighted by Crippen LogP contribution is -2.33. The molecule has 0 aliphatic rings. The number of aromatic nitrogens is 1. The van der Waals surface area contributed by atoms with E-state index in [4.69, 9.17) is 4.74 Å². The molecule has 8 heteroatoms. The first-order valence-corrected chi connectivity index (χ1v) is 8.06. The summed E-state index contributed by atoms with van der Waals surface area (Å²) in [6, 6.07) is 12.3. The van der Waals surface area contributed by atoms with Crippen LogP contribution in [0.3, 0.4) is 0 Å². The van der Waals surface area contributed by atoms with Crippen molar-refractivity contribution in [3.8, 4) is 11.6 Å². The van der Waals surface area contributed by atoms with Gasteiger partial charge in [0.1, 0.15) is 5.75 Å². The van der Waals surface area contributed by atoms with Crippen molar-refractivity contribution in [1.82, 2.24) is 15.2 Å². The van der Waals surface area contributed by atoms with Gasteiger partial charge in [0.2, 0.25) is 5.88 Å². The Balaban J connectivity index is 1.74. The van der Waals surface area contributed by atoms with Gasteiger partial charge in [-0.05, 0) is 38.2 Å². The second kappa shape index (κ2) is 9.19. The topological polar surface area (TPSA) is 54.5 Å². The zero-order valence-electron chi connectivity index (χ0n) is 14.3. The van der Waals surface area contributed by atoms with Crippen molar-refractivity contribution in [2.24, 2.45) is 0 Å². The quantitative estimate of drug-likeness (QED) is 0.726. The lowest BCUT2D eigenvalue weighted by molar-refractivity contribution is -0.143. The maximum absolute atomic E-state index is 12.2. The van der Waals surface area contributed by atoms with E-state index in [0.717, 1.165) is 0 Å². The predicted molar refractivity (Wildman–Crippen MR) is 91.3 cm³/mol. The Kier molecular flexibility index (Phi) is 6.97. The molecule has 0 unspecified atom stereocenters. The average Bonchev–Trinajstić information content (AvgIpc) is 2.58. The Hall–Kier alpha value is -2.61. The van der Waals surface area contributed by atoms with Gasteiger partial charge in [-0.15, -0.1) is 0 Å². The summed E-state index contributed by atoms with van der Waals surface area (Å²) in [4.78, 5) is 17.2. The van der Waals surface area contributed by atoms with Crippen LogP contribution in [0.15, 0.2) is 48.7 Å². The van der Waals surface area contributed by atoms with E-state index in [9.17, 15) is 18.0 Å². The van der Waals surface area contributed by atoms with E-state index in [-0.39, 0.29) is 19.0 Å². The number of pyridine rings is 1. The third-order valence-electron chi connectivity index (χ3n) is 3.42. The van der Waals surface area contributed by atoms with Crippen LogP contribution < -0.4 is 10.1 Å². The molecule has 0 atom stereocenters. The minimum absolute atomic E-state index is 0.238. The summed E-state index contributed by atoms with van der Waals surface area (Å²) in [6.45, 7) is -0.446. The number of para-hydroxylation sites is 1. The average molecular weight is 367 g/mol. The molecular weight excluding hydrogens is 347 g/mol. The highest BCUT2D eigenvalue weighted by Gasteiger charge is 2.28. The van der Waals surface area contributed by atoms with E-state index in [1.165, 1.54) is 18.1 Å². The van der Waals surface area contributed by atoms with Gasteiger partial charge >= 0.3 is 6.18 Å². The van der Waals surface area contributed by atoms with Gasteiger partial charge in [0.05, 0.1) is 12.1 Å². The van der Waals surface area contributed by atoms with Crippen LogP contribution in [0.4, 0.5) is 13.2 Å². The van der Waals surface area contributed by atoms with Crippen LogP contribution >= 0.6 is 0 Å². The third kappa shape index (κ3) is 7.10. The molecule has 0 fully saturated rings. The Morgan fingerprint density at radius 1 is 1.19 bits per heavy atom. The number of ether oxygens (including phenoxy) is 1. The molecule has 140 valence electrons. The van der Waals surface area contributed by atoms with Crippen LogP contribution in [-0.4, -0.2) is 48.6 Å². The highest BCUT2D eigenvalue weighted by molar-refractivity contribution is 5.93. The molecular formula is C18H20F3N3O2. The molecule has 1 aromatic carbocycles. The summed E-state index contributed by atoms with van der Waals surface area (Å²) in [6.07, 6.45) is -2.41. The van der Waals surface area contributed by atoms with Crippen molar-refractivity contribution in [2.75, 3.05) is 26.7 Å². The fourth-order valence-corrected chi connectivity index (χ4v) is 2.22. The molecule has 26 heavy (non-hydrogen) atoms. The molecule has 0 saturated heterocycles. The molecule has 0 bridgehead atoms. The summed E-state index contributed by atoms with van der Waals surface area (Å²) < 4.78 is 42.2. The van der Waals surface area contributed by atoms with Gasteiger partial charge in [-0.2, -0.15) is 13.2 Å². The fourth-order valence-electron chi connectivity index (χ4n) is 2.22. The monoisotopic (exact) mass is 367 g/mol. The van der Waals surface area contributed by atoms with E-state index >= 15 is 0 Å². The standard InChI is InChI=1S/C18H20F3N3O2/c1-24(13-18(19,20)21)11-5-10-22-17(25)14-8-9-16(23-12-14)26-15-6-3-2-4-7-15/h2-4,6-9,12H,5,10-11,13H2,1H3,(H,22,25). The number of rotatable bonds is 8. The van der Waals surface area contributed by atoms with Gasteiger partial charge in [-0.1, -0.05) is 18.2 Å². The van der Waals surface area contributed by atoms with E-state index in [1.807, 2.05) is 18.2 Å². The Bertz CT molecular complexity index is 691. The van der Waals surface area contributed by atoms with Gasteiger partial charge in [-0.3, -0.25) is 9.69 Å². The molecule has 5 nitrogen and oxygen atoms in total. The molecule has 1 N–H and O–H groups in total. The first-order chi connectivity index (χ1) is 12.3. The number of hydrogen-bond acceptors (Lipinski definition) is 4. The van der Waals surface area contributed by atoms with Gasteiger partial charge in [0.25, 0.3) is 5.91 Å². The molecule has 0 aliphatic heterocycles. The van der Waals surface area contributed by atoms with Crippen LogP contribution in [0.25, 0.3) is 0 Å². The number of nitrogens with one attached hydrogen (secondary N) is 1. The number of nitrogens with zero attached hydrogens (tertiary/aromatic N) is 2. The predicted octanol–water partition coefficient (Wildman–Crippen LogP) is 3.49. The highest BCUT2D eigenvalue weighted by atomic mass is 19.4. The fraction of sp³-hybridized carbons (Fsp3) is 0.333. The molecule has 2 aromatic rings. The van der Waals surface area contributed by atoms with Gasteiger partial charge in [-0.25, -0.2) is 4.98 Å². The number of alkyl halides is 3. The van der Waals surface area contributed by atoms with Crippen LogP contribution in [0.1, 0.15) is 16.8 Å². The second-order valence-corrected chi connectivity index (χ2v) is 5.76. The molecule has 0 spiro atoms. The molecule has 1 heterocycles. The zero-order chi connectivity index (χ0) is 19.0. The number of carbonyl (C=O) groups excluding carboxylic acids is 1. The maximum atomic E-state index is 12.2. The summed E-state index contributed by atoms with van der Waals surface area (Å²) in [5.74, 6) is 0.670. The van der Waals surface area contributed by atoms with Gasteiger partial charge in [0.15, 0.2) is 0 Å². The summed E-state index contributed by atoms with van der Waals surface area (Å²) >= 11 is 0. The van der Waals surface area contributed by atoms with Crippen molar-refractivity contribution in [3.05, 3.63) is 54.2 Å². The van der Waals surface area contributed by atoms with E-state index in [0.29, 0.717) is 23.6 Å². The van der Waals surface area contributed by atoms with E-state index in [2.05, 4.69) is 10.3 Å². The van der Waals surface area contributed by atoms with Crippen LogP contribution in [0.5, 0.6) is 11.6 Å². The normalized spacial score (nSPS) is 11.4. The van der Waals surface area contributed by atoms with Crippen LogP contribution in [0.2, 0.25) is 0 Å². The van der Waals surface area contributed by atoms with Crippen LogP contribution in [0, 0.1) is 0 Å². The van der Waals surface area contributed by atoms with Gasteiger partial charge < -0.3 is 10.1 Å². The molecule has 0 aliphatic carbocycles. The van der Waals surface area contributed by atoms with Crippen molar-refractivity contribution in [2.45, 2.75) is 12.6 Å².